The molecule has 4 amide bonds. The van der Waals surface area contributed by atoms with Crippen LogP contribution in [-0.4, -0.2) is 66.1 Å². The molecule has 0 radical (unpaired) electrons. The van der Waals surface area contributed by atoms with E-state index in [1.807, 2.05) is 48.7 Å². The highest BCUT2D eigenvalue weighted by molar-refractivity contribution is 8.05. The number of benzene rings is 1. The van der Waals surface area contributed by atoms with E-state index >= 15 is 0 Å². The topological polar surface area (TPSA) is 104 Å². The largest absolute Gasteiger partial charge is 0.444 e. The number of carbonyl (C=O) groups is 3. The van der Waals surface area contributed by atoms with Crippen molar-refractivity contribution in [1.82, 2.24) is 25.4 Å². The first-order valence-corrected chi connectivity index (χ1v) is 14.6. The number of ether oxygens (including phenoxy) is 1. The van der Waals surface area contributed by atoms with E-state index in [0.717, 1.165) is 21.2 Å². The molecule has 1 heterocycles. The monoisotopic (exact) mass is 573 g/mol. The Hall–Kier alpha value is -3.31. The van der Waals surface area contributed by atoms with E-state index in [4.69, 9.17) is 4.74 Å². The van der Waals surface area contributed by atoms with Gasteiger partial charge in [-0.3, -0.25) is 4.79 Å². The minimum absolute atomic E-state index is 0.139. The fourth-order valence-corrected chi connectivity index (χ4v) is 4.68. The summed E-state index contributed by atoms with van der Waals surface area (Å²) in [5.41, 5.74) is 1.81. The molecule has 0 saturated heterocycles. The highest BCUT2D eigenvalue weighted by Gasteiger charge is 2.17. The van der Waals surface area contributed by atoms with Crippen LogP contribution >= 0.6 is 23.1 Å². The summed E-state index contributed by atoms with van der Waals surface area (Å²) >= 11 is 2.99. The second kappa shape index (κ2) is 17.3. The third-order valence-electron chi connectivity index (χ3n) is 5.51. The number of thioether (sulfide) groups is 1. The van der Waals surface area contributed by atoms with Crippen LogP contribution in [0.5, 0.6) is 0 Å². The summed E-state index contributed by atoms with van der Waals surface area (Å²) in [4.78, 5) is 46.0. The zero-order valence-corrected chi connectivity index (χ0v) is 24.8. The second-order valence-electron chi connectivity index (χ2n) is 9.05. The summed E-state index contributed by atoms with van der Waals surface area (Å²) in [6, 6.07) is 9.31. The molecular weight excluding hydrogens is 534 g/mol. The molecule has 0 saturated carbocycles. The molecule has 0 aliphatic heterocycles. The third kappa shape index (κ3) is 12.0. The highest BCUT2D eigenvalue weighted by Crippen LogP contribution is 2.20. The molecule has 2 rings (SSSR count). The standard InChI is InChI=1S/C28H39N5O4S2/c1-6-24(38-7-2)19-37-28(36)33(17-22-12-9-8-10-13-22)15-11-14-29-25(34)16-30-27(35)32(5)18-23-20-39-26(31-23)21(3)4/h6-10,12-13,20-21H,2,11,14-19H2,1,3-5H3,(H,29,34)(H,30,35)/b24-6-. The minimum Gasteiger partial charge on any atom is -0.444 e. The average molecular weight is 574 g/mol. The van der Waals surface area contributed by atoms with Gasteiger partial charge in [0.15, 0.2) is 0 Å². The fraction of sp³-hybridized carbons (Fsp3) is 0.429. The Bertz CT molecular complexity index is 1100. The molecule has 0 bridgehead atoms. The maximum atomic E-state index is 12.8. The van der Waals surface area contributed by atoms with Crippen molar-refractivity contribution in [2.24, 2.45) is 0 Å². The lowest BCUT2D eigenvalue weighted by Crippen LogP contribution is -2.43. The van der Waals surface area contributed by atoms with Gasteiger partial charge in [0.1, 0.15) is 6.61 Å². The number of rotatable bonds is 15. The first-order chi connectivity index (χ1) is 18.7. The van der Waals surface area contributed by atoms with Crippen LogP contribution in [0.15, 0.2) is 58.7 Å². The number of amides is 4. The number of allylic oxidation sites excluding steroid dienone is 1. The number of nitrogens with one attached hydrogen (secondary N) is 2. The second-order valence-corrected chi connectivity index (χ2v) is 11.0. The Morgan fingerprint density at radius 3 is 2.56 bits per heavy atom. The van der Waals surface area contributed by atoms with Gasteiger partial charge in [-0.15, -0.1) is 11.3 Å². The molecule has 0 aliphatic rings. The molecule has 2 aromatic rings. The van der Waals surface area contributed by atoms with Gasteiger partial charge >= 0.3 is 12.1 Å². The summed E-state index contributed by atoms with van der Waals surface area (Å²) in [5.74, 6) is 0.0408. The van der Waals surface area contributed by atoms with Crippen molar-refractivity contribution in [2.75, 3.05) is 33.3 Å². The molecule has 1 aromatic carbocycles. The number of carbonyl (C=O) groups excluding carboxylic acids is 3. The Labute approximate surface area is 239 Å². The summed E-state index contributed by atoms with van der Waals surface area (Å²) in [7, 11) is 1.66. The van der Waals surface area contributed by atoms with E-state index in [1.165, 1.54) is 16.7 Å². The predicted molar refractivity (Wildman–Crippen MR) is 158 cm³/mol. The van der Waals surface area contributed by atoms with Gasteiger partial charge in [0.25, 0.3) is 0 Å². The molecule has 0 spiro atoms. The van der Waals surface area contributed by atoms with Gasteiger partial charge in [-0.2, -0.15) is 0 Å². The number of aromatic nitrogens is 1. The highest BCUT2D eigenvalue weighted by atomic mass is 32.2. The van der Waals surface area contributed by atoms with Gasteiger partial charge in [-0.05, 0) is 24.3 Å². The SMILES string of the molecule is C=CS/C(=C\C)COC(=O)N(CCCNC(=O)CNC(=O)N(C)Cc1csc(C(C)C)n1)Cc1ccccc1. The maximum absolute atomic E-state index is 12.8. The Morgan fingerprint density at radius 2 is 1.92 bits per heavy atom. The number of hydrogen-bond acceptors (Lipinski definition) is 7. The molecule has 212 valence electrons. The minimum atomic E-state index is -0.426. The molecule has 39 heavy (non-hydrogen) atoms. The Morgan fingerprint density at radius 1 is 1.18 bits per heavy atom. The Balaban J connectivity index is 1.77. The zero-order valence-electron chi connectivity index (χ0n) is 23.1. The number of urea groups is 1. The van der Waals surface area contributed by atoms with E-state index < -0.39 is 6.09 Å². The van der Waals surface area contributed by atoms with Gasteiger partial charge in [-0.25, -0.2) is 14.6 Å². The van der Waals surface area contributed by atoms with Crippen LogP contribution in [-0.2, 0) is 22.6 Å². The van der Waals surface area contributed by atoms with Crippen molar-refractivity contribution in [1.29, 1.82) is 0 Å². The number of nitrogens with zero attached hydrogens (tertiary/aromatic N) is 3. The first kappa shape index (κ1) is 31.9. The van der Waals surface area contributed by atoms with E-state index in [1.54, 1.807) is 28.7 Å². The van der Waals surface area contributed by atoms with Gasteiger partial charge in [0, 0.05) is 42.9 Å². The number of thiazole rings is 1. The molecule has 0 aliphatic carbocycles. The van der Waals surface area contributed by atoms with Crippen molar-refractivity contribution < 1.29 is 19.1 Å². The first-order valence-electron chi connectivity index (χ1n) is 12.8. The van der Waals surface area contributed by atoms with Crippen LogP contribution in [0, 0.1) is 0 Å². The van der Waals surface area contributed by atoms with E-state index in [2.05, 4.69) is 36.0 Å². The van der Waals surface area contributed by atoms with Gasteiger partial charge in [0.2, 0.25) is 5.91 Å². The van der Waals surface area contributed by atoms with E-state index in [9.17, 15) is 14.4 Å². The summed E-state index contributed by atoms with van der Waals surface area (Å²) in [6.45, 7) is 11.3. The normalized spacial score (nSPS) is 11.2. The summed E-state index contributed by atoms with van der Waals surface area (Å²) in [6.07, 6.45) is 1.99. The average Bonchev–Trinajstić information content (AvgIpc) is 3.40. The molecule has 1 aromatic heterocycles. The van der Waals surface area contributed by atoms with Crippen LogP contribution in [0.3, 0.4) is 0 Å². The van der Waals surface area contributed by atoms with Gasteiger partial charge in [0.05, 0.1) is 23.8 Å². The van der Waals surface area contributed by atoms with Crippen molar-refractivity contribution in [3.8, 4) is 0 Å². The molecule has 0 atom stereocenters. The molecule has 11 heteroatoms. The molecular formula is C28H39N5O4S2. The van der Waals surface area contributed by atoms with Crippen LogP contribution < -0.4 is 10.6 Å². The van der Waals surface area contributed by atoms with Crippen molar-refractivity contribution in [3.63, 3.8) is 0 Å². The van der Waals surface area contributed by atoms with Gasteiger partial charge in [-0.1, -0.05) is 68.6 Å². The summed E-state index contributed by atoms with van der Waals surface area (Å²) in [5, 5.41) is 10.1. The van der Waals surface area contributed by atoms with Gasteiger partial charge < -0.3 is 25.2 Å². The molecule has 0 fully saturated rings. The van der Waals surface area contributed by atoms with Crippen LogP contribution in [0.1, 0.15) is 49.4 Å². The molecule has 0 unspecified atom stereocenters. The molecule has 9 nitrogen and oxygen atoms in total. The Kier molecular flexibility index (Phi) is 14.2. The predicted octanol–water partition coefficient (Wildman–Crippen LogP) is 5.33. The quantitative estimate of drug-likeness (QED) is 0.279. The van der Waals surface area contributed by atoms with Crippen LogP contribution in [0.2, 0.25) is 0 Å². The van der Waals surface area contributed by atoms with E-state index in [0.29, 0.717) is 38.5 Å². The smallest absolute Gasteiger partial charge is 0.410 e. The van der Waals surface area contributed by atoms with E-state index in [-0.39, 0.29) is 25.1 Å². The lowest BCUT2D eigenvalue weighted by molar-refractivity contribution is -0.120. The van der Waals surface area contributed by atoms with Crippen LogP contribution in [0.4, 0.5) is 9.59 Å². The zero-order chi connectivity index (χ0) is 28.6. The van der Waals surface area contributed by atoms with Crippen LogP contribution in [0.25, 0.3) is 0 Å². The lowest BCUT2D eigenvalue weighted by Gasteiger charge is -2.23. The number of hydrogen-bond donors (Lipinski definition) is 2. The molecule has 2 N–H and O–H groups in total. The third-order valence-corrected chi connectivity index (χ3v) is 7.52. The van der Waals surface area contributed by atoms with Crippen molar-refractivity contribution in [2.45, 2.75) is 46.2 Å². The lowest BCUT2D eigenvalue weighted by atomic mass is 10.2. The fourth-order valence-electron chi connectivity index (χ4n) is 3.38. The van der Waals surface area contributed by atoms with Crippen molar-refractivity contribution >= 4 is 41.1 Å². The maximum Gasteiger partial charge on any atom is 0.410 e. The summed E-state index contributed by atoms with van der Waals surface area (Å²) < 4.78 is 5.51. The van der Waals surface area contributed by atoms with Crippen molar-refractivity contribution in [3.05, 3.63) is 74.9 Å².